The van der Waals surface area contributed by atoms with Gasteiger partial charge in [0.15, 0.2) is 0 Å². The number of hydrogen-bond donors (Lipinski definition) is 2. The van der Waals surface area contributed by atoms with Gasteiger partial charge in [0, 0.05) is 26.2 Å². The standard InChI is InChI=1S/C15H17F2N3O2/c1-20-9-10(7-19-20)5-6-14(22)18-8-13(21)15-11(16)3-2-4-12(15)17/h2-4,7,9,13,21H,5-6,8H2,1H3,(H,18,22). The fraction of sp³-hybridized carbons (Fsp3) is 0.333. The summed E-state index contributed by atoms with van der Waals surface area (Å²) in [7, 11) is 1.78. The highest BCUT2D eigenvalue weighted by molar-refractivity contribution is 5.76. The van der Waals surface area contributed by atoms with Gasteiger partial charge in [0.2, 0.25) is 5.91 Å². The Kier molecular flexibility index (Phi) is 5.21. The minimum atomic E-state index is -1.43. The minimum Gasteiger partial charge on any atom is -0.386 e. The number of carbonyl (C=O) groups excluding carboxylic acids is 1. The maximum atomic E-state index is 13.5. The Morgan fingerprint density at radius 2 is 2.09 bits per heavy atom. The van der Waals surface area contributed by atoms with E-state index in [0.29, 0.717) is 6.42 Å². The zero-order valence-corrected chi connectivity index (χ0v) is 12.1. The molecule has 1 heterocycles. The number of aromatic nitrogens is 2. The first-order chi connectivity index (χ1) is 10.5. The van der Waals surface area contributed by atoms with Crippen LogP contribution in [0.2, 0.25) is 0 Å². The molecule has 0 bridgehead atoms. The van der Waals surface area contributed by atoms with Crippen LogP contribution in [0.15, 0.2) is 30.6 Å². The molecule has 1 unspecified atom stereocenters. The number of nitrogens with one attached hydrogen (secondary N) is 1. The van der Waals surface area contributed by atoms with Crippen LogP contribution in [0, 0.1) is 11.6 Å². The molecule has 1 atom stereocenters. The second kappa shape index (κ2) is 7.13. The van der Waals surface area contributed by atoms with E-state index < -0.39 is 23.3 Å². The summed E-state index contributed by atoms with van der Waals surface area (Å²) < 4.78 is 28.6. The van der Waals surface area contributed by atoms with Gasteiger partial charge < -0.3 is 10.4 Å². The third-order valence-corrected chi connectivity index (χ3v) is 3.22. The van der Waals surface area contributed by atoms with E-state index in [4.69, 9.17) is 0 Å². The zero-order chi connectivity index (χ0) is 16.1. The lowest BCUT2D eigenvalue weighted by Gasteiger charge is -2.13. The van der Waals surface area contributed by atoms with Crippen LogP contribution in [0.3, 0.4) is 0 Å². The first-order valence-corrected chi connectivity index (χ1v) is 6.83. The van der Waals surface area contributed by atoms with Gasteiger partial charge >= 0.3 is 0 Å². The molecule has 1 aromatic heterocycles. The first kappa shape index (κ1) is 16.1. The Labute approximate surface area is 126 Å². The van der Waals surface area contributed by atoms with Crippen molar-refractivity contribution in [2.45, 2.75) is 18.9 Å². The zero-order valence-electron chi connectivity index (χ0n) is 12.1. The molecule has 7 heteroatoms. The van der Waals surface area contributed by atoms with Crippen LogP contribution in [0.5, 0.6) is 0 Å². The lowest BCUT2D eigenvalue weighted by Crippen LogP contribution is -2.29. The van der Waals surface area contributed by atoms with E-state index in [-0.39, 0.29) is 18.9 Å². The highest BCUT2D eigenvalue weighted by Crippen LogP contribution is 2.19. The Morgan fingerprint density at radius 3 is 2.68 bits per heavy atom. The van der Waals surface area contributed by atoms with Crippen molar-refractivity contribution in [3.05, 3.63) is 53.4 Å². The van der Waals surface area contributed by atoms with Gasteiger partial charge in [-0.1, -0.05) is 6.07 Å². The van der Waals surface area contributed by atoms with E-state index in [1.807, 2.05) is 0 Å². The molecule has 2 N–H and O–H groups in total. The van der Waals surface area contributed by atoms with Crippen LogP contribution in [0.25, 0.3) is 0 Å². The fourth-order valence-electron chi connectivity index (χ4n) is 2.09. The molecular formula is C15H17F2N3O2. The largest absolute Gasteiger partial charge is 0.386 e. The molecule has 0 saturated carbocycles. The Hall–Kier alpha value is -2.28. The Morgan fingerprint density at radius 1 is 1.41 bits per heavy atom. The predicted octanol–water partition coefficient (Wildman–Crippen LogP) is 1.48. The molecule has 0 radical (unpaired) electrons. The Balaban J connectivity index is 1.83. The van der Waals surface area contributed by atoms with E-state index in [1.54, 1.807) is 24.1 Å². The molecule has 0 spiro atoms. The number of benzene rings is 1. The number of halogens is 2. The maximum Gasteiger partial charge on any atom is 0.220 e. The van der Waals surface area contributed by atoms with Gasteiger partial charge in [-0.25, -0.2) is 8.78 Å². The molecule has 2 aromatic rings. The molecule has 0 aliphatic carbocycles. The van der Waals surface area contributed by atoms with Crippen molar-refractivity contribution in [3.8, 4) is 0 Å². The normalized spacial score (nSPS) is 12.2. The summed E-state index contributed by atoms with van der Waals surface area (Å²) >= 11 is 0. The molecule has 1 aromatic carbocycles. The quantitative estimate of drug-likeness (QED) is 0.849. The van der Waals surface area contributed by atoms with Gasteiger partial charge in [0.05, 0.1) is 11.8 Å². The minimum absolute atomic E-state index is 0.207. The van der Waals surface area contributed by atoms with Gasteiger partial charge in [-0.15, -0.1) is 0 Å². The van der Waals surface area contributed by atoms with E-state index in [9.17, 15) is 18.7 Å². The summed E-state index contributed by atoms with van der Waals surface area (Å²) in [6, 6.07) is 3.34. The number of nitrogens with zero attached hydrogens (tertiary/aromatic N) is 2. The van der Waals surface area contributed by atoms with Crippen molar-refractivity contribution in [1.29, 1.82) is 0 Å². The van der Waals surface area contributed by atoms with E-state index in [2.05, 4.69) is 10.4 Å². The van der Waals surface area contributed by atoms with Crippen molar-refractivity contribution in [2.75, 3.05) is 6.54 Å². The number of carbonyl (C=O) groups is 1. The molecule has 0 saturated heterocycles. The highest BCUT2D eigenvalue weighted by Gasteiger charge is 2.18. The lowest BCUT2D eigenvalue weighted by molar-refractivity contribution is -0.121. The van der Waals surface area contributed by atoms with Crippen LogP contribution in [0.4, 0.5) is 8.78 Å². The summed E-state index contributed by atoms with van der Waals surface area (Å²) in [5, 5.41) is 16.3. The summed E-state index contributed by atoms with van der Waals surface area (Å²) in [6.07, 6.45) is 2.75. The number of aliphatic hydroxyl groups is 1. The van der Waals surface area contributed by atoms with Crippen LogP contribution in [0.1, 0.15) is 23.7 Å². The second-order valence-electron chi connectivity index (χ2n) is 4.98. The van der Waals surface area contributed by atoms with E-state index in [0.717, 1.165) is 17.7 Å². The molecule has 118 valence electrons. The average Bonchev–Trinajstić information content (AvgIpc) is 2.88. The van der Waals surface area contributed by atoms with Gasteiger partial charge in [0.1, 0.15) is 17.7 Å². The third-order valence-electron chi connectivity index (χ3n) is 3.22. The number of aliphatic hydroxyl groups excluding tert-OH is 1. The SMILES string of the molecule is Cn1cc(CCC(=O)NCC(O)c2c(F)cccc2F)cn1. The van der Waals surface area contributed by atoms with Crippen LogP contribution < -0.4 is 5.32 Å². The van der Waals surface area contributed by atoms with E-state index >= 15 is 0 Å². The van der Waals surface area contributed by atoms with Gasteiger partial charge in [-0.2, -0.15) is 5.10 Å². The topological polar surface area (TPSA) is 67.2 Å². The van der Waals surface area contributed by atoms with Gasteiger partial charge in [-0.3, -0.25) is 9.48 Å². The van der Waals surface area contributed by atoms with Crippen molar-refractivity contribution in [3.63, 3.8) is 0 Å². The molecule has 0 aliphatic rings. The molecule has 5 nitrogen and oxygen atoms in total. The number of rotatable bonds is 6. The number of amides is 1. The lowest BCUT2D eigenvalue weighted by atomic mass is 10.1. The summed E-state index contributed by atoms with van der Waals surface area (Å²) in [5.74, 6) is -1.98. The van der Waals surface area contributed by atoms with Crippen molar-refractivity contribution < 1.29 is 18.7 Å². The van der Waals surface area contributed by atoms with Crippen LogP contribution in [-0.2, 0) is 18.3 Å². The predicted molar refractivity (Wildman–Crippen MR) is 75.9 cm³/mol. The smallest absolute Gasteiger partial charge is 0.220 e. The summed E-state index contributed by atoms with van der Waals surface area (Å²) in [6.45, 7) is -0.246. The highest BCUT2D eigenvalue weighted by atomic mass is 19.1. The monoisotopic (exact) mass is 309 g/mol. The third kappa shape index (κ3) is 4.11. The van der Waals surface area contributed by atoms with Crippen molar-refractivity contribution >= 4 is 5.91 Å². The van der Waals surface area contributed by atoms with Crippen molar-refractivity contribution in [1.82, 2.24) is 15.1 Å². The average molecular weight is 309 g/mol. The Bertz CT molecular complexity index is 638. The summed E-state index contributed by atoms with van der Waals surface area (Å²) in [5.41, 5.74) is 0.480. The fourth-order valence-corrected chi connectivity index (χ4v) is 2.09. The van der Waals surface area contributed by atoms with Gasteiger partial charge in [0.25, 0.3) is 0 Å². The van der Waals surface area contributed by atoms with Gasteiger partial charge in [-0.05, 0) is 24.1 Å². The second-order valence-corrected chi connectivity index (χ2v) is 4.98. The van der Waals surface area contributed by atoms with Crippen molar-refractivity contribution in [2.24, 2.45) is 7.05 Å². The molecule has 1 amide bonds. The molecule has 2 rings (SSSR count). The van der Waals surface area contributed by atoms with Crippen LogP contribution >= 0.6 is 0 Å². The maximum absolute atomic E-state index is 13.5. The van der Waals surface area contributed by atoms with E-state index in [1.165, 1.54) is 6.07 Å². The number of aryl methyl sites for hydroxylation is 2. The molecular weight excluding hydrogens is 292 g/mol. The number of hydrogen-bond acceptors (Lipinski definition) is 3. The van der Waals surface area contributed by atoms with Crippen LogP contribution in [-0.4, -0.2) is 27.3 Å². The first-order valence-electron chi connectivity index (χ1n) is 6.83. The summed E-state index contributed by atoms with van der Waals surface area (Å²) in [4.78, 5) is 11.7. The molecule has 0 aliphatic heterocycles. The molecule has 0 fully saturated rings. The molecule has 22 heavy (non-hydrogen) atoms.